The first kappa shape index (κ1) is 19.2. The van der Waals surface area contributed by atoms with Crippen LogP contribution < -0.4 is 5.56 Å². The molecule has 1 aliphatic heterocycles. The van der Waals surface area contributed by atoms with Gasteiger partial charge in [-0.1, -0.05) is 35.9 Å². The summed E-state index contributed by atoms with van der Waals surface area (Å²) in [7, 11) is 0. The summed E-state index contributed by atoms with van der Waals surface area (Å²) in [6.45, 7) is 3.76. The van der Waals surface area contributed by atoms with Gasteiger partial charge in [0.05, 0.1) is 21.5 Å². The number of aromatic nitrogens is 3. The maximum absolute atomic E-state index is 12.6. The van der Waals surface area contributed by atoms with Crippen LogP contribution in [0.1, 0.15) is 22.4 Å². The second-order valence-electron chi connectivity index (χ2n) is 7.94. The summed E-state index contributed by atoms with van der Waals surface area (Å²) >= 11 is 0. The molecule has 0 atom stereocenters. The normalized spacial score (nSPS) is 14.0. The molecule has 3 heterocycles. The maximum atomic E-state index is 12.6. The summed E-state index contributed by atoms with van der Waals surface area (Å²) in [4.78, 5) is 36.8. The number of hydrogen-bond donors (Lipinski definition) is 2. The van der Waals surface area contributed by atoms with Gasteiger partial charge >= 0.3 is 0 Å². The first-order chi connectivity index (χ1) is 15.0. The number of hydrogen-bond acceptors (Lipinski definition) is 5. The average molecular weight is 415 g/mol. The number of nitro groups is 1. The van der Waals surface area contributed by atoms with E-state index < -0.39 is 0 Å². The van der Waals surface area contributed by atoms with Crippen LogP contribution in [-0.2, 0) is 19.5 Å². The van der Waals surface area contributed by atoms with Crippen LogP contribution in [-0.4, -0.2) is 31.3 Å². The average Bonchev–Trinajstić information content (AvgIpc) is 3.17. The molecule has 8 nitrogen and oxygen atoms in total. The molecular weight excluding hydrogens is 394 g/mol. The molecule has 156 valence electrons. The van der Waals surface area contributed by atoms with Crippen LogP contribution >= 0.6 is 0 Å². The lowest BCUT2D eigenvalue weighted by Crippen LogP contribution is -2.35. The minimum atomic E-state index is -0.347. The Kier molecular flexibility index (Phi) is 4.63. The van der Waals surface area contributed by atoms with E-state index >= 15 is 0 Å². The number of H-pyrrole nitrogens is 2. The lowest BCUT2D eigenvalue weighted by Gasteiger charge is -2.27. The summed E-state index contributed by atoms with van der Waals surface area (Å²) in [5.74, 6) is 0.563. The zero-order valence-corrected chi connectivity index (χ0v) is 17.0. The first-order valence-corrected chi connectivity index (χ1v) is 10.1. The van der Waals surface area contributed by atoms with E-state index in [0.29, 0.717) is 37.3 Å². The molecule has 0 saturated heterocycles. The fourth-order valence-electron chi connectivity index (χ4n) is 4.23. The monoisotopic (exact) mass is 415 g/mol. The van der Waals surface area contributed by atoms with Gasteiger partial charge in [-0.2, -0.15) is 0 Å². The number of nitrogens with zero attached hydrogens (tertiary/aromatic N) is 3. The highest BCUT2D eigenvalue weighted by Gasteiger charge is 2.24. The van der Waals surface area contributed by atoms with Gasteiger partial charge in [-0.25, -0.2) is 4.98 Å². The minimum absolute atomic E-state index is 0.0945. The van der Waals surface area contributed by atoms with Gasteiger partial charge in [-0.15, -0.1) is 0 Å². The summed E-state index contributed by atoms with van der Waals surface area (Å²) in [5, 5.41) is 12.1. The Morgan fingerprint density at radius 3 is 2.77 bits per heavy atom. The molecule has 0 fully saturated rings. The van der Waals surface area contributed by atoms with E-state index in [2.05, 4.69) is 14.9 Å². The molecule has 31 heavy (non-hydrogen) atoms. The van der Waals surface area contributed by atoms with Crippen molar-refractivity contribution in [3.05, 3.63) is 91.5 Å². The Morgan fingerprint density at radius 1 is 1.19 bits per heavy atom. The number of nitro benzene ring substituents is 1. The van der Waals surface area contributed by atoms with Crippen molar-refractivity contribution in [2.24, 2.45) is 0 Å². The highest BCUT2D eigenvalue weighted by molar-refractivity contribution is 5.91. The van der Waals surface area contributed by atoms with E-state index in [9.17, 15) is 14.9 Å². The number of non-ortho nitro benzene ring substituents is 1. The van der Waals surface area contributed by atoms with E-state index in [1.165, 1.54) is 6.07 Å². The Morgan fingerprint density at radius 2 is 2.00 bits per heavy atom. The van der Waals surface area contributed by atoms with Crippen molar-refractivity contribution in [2.45, 2.75) is 26.4 Å². The zero-order valence-electron chi connectivity index (χ0n) is 17.0. The Labute approximate surface area is 177 Å². The summed E-state index contributed by atoms with van der Waals surface area (Å²) in [6.07, 6.45) is 2.42. The van der Waals surface area contributed by atoms with Crippen LogP contribution in [0.15, 0.2) is 53.5 Å². The van der Waals surface area contributed by atoms with Crippen molar-refractivity contribution < 1.29 is 4.92 Å². The van der Waals surface area contributed by atoms with Gasteiger partial charge in [0.1, 0.15) is 5.82 Å². The number of aryl methyl sites for hydroxylation is 1. The molecule has 2 aromatic heterocycles. The molecule has 8 heteroatoms. The predicted molar refractivity (Wildman–Crippen MR) is 118 cm³/mol. The van der Waals surface area contributed by atoms with Crippen molar-refractivity contribution in [3.63, 3.8) is 0 Å². The van der Waals surface area contributed by atoms with Gasteiger partial charge in [0.15, 0.2) is 0 Å². The maximum Gasteiger partial charge on any atom is 0.279 e. The highest BCUT2D eigenvalue weighted by atomic mass is 16.6. The van der Waals surface area contributed by atoms with Crippen LogP contribution in [0.5, 0.6) is 0 Å². The molecule has 1 aliphatic rings. The van der Waals surface area contributed by atoms with Crippen molar-refractivity contribution in [3.8, 4) is 11.4 Å². The molecule has 0 aliphatic carbocycles. The molecule has 4 aromatic rings. The molecule has 0 spiro atoms. The van der Waals surface area contributed by atoms with Gasteiger partial charge in [-0.05, 0) is 25.0 Å². The largest absolute Gasteiger partial charge is 0.361 e. The summed E-state index contributed by atoms with van der Waals surface area (Å²) < 4.78 is 0. The second-order valence-corrected chi connectivity index (χ2v) is 7.94. The summed E-state index contributed by atoms with van der Waals surface area (Å²) in [6, 6.07) is 12.9. The quantitative estimate of drug-likeness (QED) is 0.390. The third-order valence-corrected chi connectivity index (χ3v) is 5.83. The molecule has 0 unspecified atom stereocenters. The summed E-state index contributed by atoms with van der Waals surface area (Å²) in [5.41, 5.74) is 5.12. The Bertz CT molecular complexity index is 1350. The molecule has 5 rings (SSSR count). The van der Waals surface area contributed by atoms with E-state index in [4.69, 9.17) is 4.98 Å². The van der Waals surface area contributed by atoms with Crippen molar-refractivity contribution in [1.29, 1.82) is 0 Å². The van der Waals surface area contributed by atoms with E-state index in [0.717, 1.165) is 33.5 Å². The van der Waals surface area contributed by atoms with Crippen LogP contribution in [0.2, 0.25) is 0 Å². The zero-order chi connectivity index (χ0) is 21.5. The standard InChI is InChI=1S/C23H21N5O3/c1-14-5-7-15(8-6-14)22-25-19-13-27(10-9-17(19)23(29)26-22)12-16-11-24-18-3-2-4-20(21(16)18)28(30)31/h2-8,11,24H,9-10,12-13H2,1H3,(H,25,26,29). The fraction of sp³-hybridized carbons (Fsp3) is 0.217. The lowest BCUT2D eigenvalue weighted by molar-refractivity contribution is -0.383. The van der Waals surface area contributed by atoms with Crippen LogP contribution in [0.4, 0.5) is 5.69 Å². The van der Waals surface area contributed by atoms with E-state index in [-0.39, 0.29) is 16.2 Å². The molecule has 0 saturated carbocycles. The van der Waals surface area contributed by atoms with E-state index in [1.54, 1.807) is 6.07 Å². The first-order valence-electron chi connectivity index (χ1n) is 10.1. The number of nitrogens with one attached hydrogen (secondary N) is 2. The topological polar surface area (TPSA) is 108 Å². The number of benzene rings is 2. The van der Waals surface area contributed by atoms with Gasteiger partial charge in [0, 0.05) is 43.0 Å². The van der Waals surface area contributed by atoms with Crippen molar-refractivity contribution >= 4 is 16.6 Å². The minimum Gasteiger partial charge on any atom is -0.361 e. The highest BCUT2D eigenvalue weighted by Crippen LogP contribution is 2.30. The third-order valence-electron chi connectivity index (χ3n) is 5.83. The van der Waals surface area contributed by atoms with Crippen LogP contribution in [0, 0.1) is 17.0 Å². The van der Waals surface area contributed by atoms with Crippen molar-refractivity contribution in [2.75, 3.05) is 6.54 Å². The molecule has 2 aromatic carbocycles. The van der Waals surface area contributed by atoms with Crippen LogP contribution in [0.25, 0.3) is 22.3 Å². The molecular formula is C23H21N5O3. The number of fused-ring (bicyclic) bond motifs is 2. The molecule has 2 N–H and O–H groups in total. The predicted octanol–water partition coefficient (Wildman–Crippen LogP) is 3.69. The molecule has 0 radical (unpaired) electrons. The SMILES string of the molecule is Cc1ccc(-c2nc3c(c(=O)[nH]2)CCN(Cc2c[nH]c4cccc([N+](=O)[O-])c24)C3)cc1. The molecule has 0 bridgehead atoms. The van der Waals surface area contributed by atoms with Gasteiger partial charge in [-0.3, -0.25) is 19.8 Å². The lowest BCUT2D eigenvalue weighted by atomic mass is 10.0. The second kappa shape index (κ2) is 7.48. The Hall–Kier alpha value is -3.78. The van der Waals surface area contributed by atoms with E-state index in [1.807, 2.05) is 43.5 Å². The van der Waals surface area contributed by atoms with Crippen molar-refractivity contribution in [1.82, 2.24) is 19.9 Å². The number of aromatic amines is 2. The third kappa shape index (κ3) is 3.51. The van der Waals surface area contributed by atoms with Gasteiger partial charge in [0.25, 0.3) is 11.2 Å². The Balaban J connectivity index is 1.46. The number of rotatable bonds is 4. The van der Waals surface area contributed by atoms with Gasteiger partial charge < -0.3 is 9.97 Å². The fourth-order valence-corrected chi connectivity index (χ4v) is 4.23. The van der Waals surface area contributed by atoms with Crippen LogP contribution in [0.3, 0.4) is 0 Å². The van der Waals surface area contributed by atoms with Gasteiger partial charge in [0.2, 0.25) is 0 Å². The smallest absolute Gasteiger partial charge is 0.279 e. The molecule has 0 amide bonds.